The summed E-state index contributed by atoms with van der Waals surface area (Å²) < 4.78 is 13.1. The van der Waals surface area contributed by atoms with E-state index in [1.54, 1.807) is 28.9 Å². The van der Waals surface area contributed by atoms with Crippen LogP contribution in [0.25, 0.3) is 27.7 Å². The van der Waals surface area contributed by atoms with Crippen molar-refractivity contribution < 1.29 is 9.00 Å². The highest BCUT2D eigenvalue weighted by Gasteiger charge is 2.17. The second kappa shape index (κ2) is 6.79. The number of amides is 1. The molecular weight excluding hydrogens is 360 g/mol. The van der Waals surface area contributed by atoms with E-state index >= 15 is 0 Å². The first-order valence-corrected chi connectivity index (χ1v) is 9.40. The Morgan fingerprint density at radius 3 is 2.26 bits per heavy atom. The summed E-state index contributed by atoms with van der Waals surface area (Å²) in [5, 5.41) is 10.5. The van der Waals surface area contributed by atoms with Crippen LogP contribution in [0.3, 0.4) is 0 Å². The number of rotatable bonds is 4. The number of carbonyl (C=O) groups is 1. The van der Waals surface area contributed by atoms with Gasteiger partial charge in [-0.3, -0.25) is 4.79 Å². The smallest absolute Gasteiger partial charge is 0.269 e. The maximum atomic E-state index is 11.8. The molecule has 0 fully saturated rings. The van der Waals surface area contributed by atoms with E-state index in [4.69, 9.17) is 10.9 Å². The van der Waals surface area contributed by atoms with Gasteiger partial charge in [-0.05, 0) is 47.5 Å². The highest BCUT2D eigenvalue weighted by Crippen LogP contribution is 2.28. The van der Waals surface area contributed by atoms with Crippen LogP contribution in [-0.2, 0) is 11.0 Å². The Bertz CT molecular complexity index is 1170. The molecule has 0 bridgehead atoms. The third kappa shape index (κ3) is 3.14. The maximum Gasteiger partial charge on any atom is 0.269 e. The number of hydrogen-bond donors (Lipinski definition) is 2. The van der Waals surface area contributed by atoms with Crippen LogP contribution in [0.4, 0.5) is 0 Å². The molecule has 3 aromatic carbocycles. The number of primary amides is 1. The van der Waals surface area contributed by atoms with E-state index in [1.165, 1.54) is 0 Å². The first kappa shape index (κ1) is 17.1. The van der Waals surface area contributed by atoms with Gasteiger partial charge in [-0.25, -0.2) is 14.0 Å². The lowest BCUT2D eigenvalue weighted by Gasteiger charge is -2.06. The number of fused-ring (bicyclic) bond motifs is 1. The molecule has 4 aromatic rings. The van der Waals surface area contributed by atoms with Gasteiger partial charge in [-0.1, -0.05) is 36.4 Å². The van der Waals surface area contributed by atoms with Gasteiger partial charge in [0.1, 0.15) is 11.0 Å². The Labute approximate surface area is 158 Å². The summed E-state index contributed by atoms with van der Waals surface area (Å²) >= 11 is 0. The van der Waals surface area contributed by atoms with Gasteiger partial charge in [0.05, 0.1) is 16.1 Å². The number of benzene rings is 3. The van der Waals surface area contributed by atoms with Gasteiger partial charge in [0.25, 0.3) is 5.91 Å². The Kier molecular flexibility index (Phi) is 4.31. The van der Waals surface area contributed by atoms with Gasteiger partial charge in [0.15, 0.2) is 5.69 Å². The molecule has 4 N–H and O–H groups in total. The topological polar surface area (TPSA) is 104 Å². The lowest BCUT2D eigenvalue weighted by molar-refractivity contribution is 0.0996. The predicted octanol–water partition coefficient (Wildman–Crippen LogP) is 2.77. The quantitative estimate of drug-likeness (QED) is 0.572. The average molecular weight is 376 g/mol. The third-order valence-electron chi connectivity index (χ3n) is 4.34. The van der Waals surface area contributed by atoms with Crippen molar-refractivity contribution in [1.82, 2.24) is 9.78 Å². The van der Waals surface area contributed by atoms with Crippen molar-refractivity contribution in [1.29, 1.82) is 0 Å². The molecule has 7 heteroatoms. The van der Waals surface area contributed by atoms with Gasteiger partial charge in [-0.15, -0.1) is 0 Å². The fourth-order valence-electron chi connectivity index (χ4n) is 3.03. The number of carbonyl (C=O) groups excluding carboxylic acids is 1. The zero-order chi connectivity index (χ0) is 19.0. The number of aromatic nitrogens is 2. The van der Waals surface area contributed by atoms with Crippen molar-refractivity contribution in [2.45, 2.75) is 4.90 Å². The molecule has 0 aliphatic heterocycles. The van der Waals surface area contributed by atoms with Crippen LogP contribution in [0.2, 0.25) is 0 Å². The molecule has 0 radical (unpaired) electrons. The van der Waals surface area contributed by atoms with Crippen molar-refractivity contribution in [3.05, 3.63) is 78.5 Å². The Balaban J connectivity index is 1.93. The second-order valence-corrected chi connectivity index (χ2v) is 7.08. The molecule has 0 aliphatic carbocycles. The number of nitrogens with two attached hydrogens (primary N) is 2. The SMILES string of the molecule is NC(=O)c1nn(-c2ccc(S(N)=O)cc2)c2cc(-c3ccccc3)ccc12. The first-order valence-electron chi connectivity index (χ1n) is 8.19. The molecule has 4 rings (SSSR count). The van der Waals surface area contributed by atoms with Crippen molar-refractivity contribution in [2.75, 3.05) is 0 Å². The predicted molar refractivity (Wildman–Crippen MR) is 106 cm³/mol. The summed E-state index contributed by atoms with van der Waals surface area (Å²) in [6.45, 7) is 0. The minimum absolute atomic E-state index is 0.205. The van der Waals surface area contributed by atoms with E-state index in [2.05, 4.69) is 5.10 Å². The van der Waals surface area contributed by atoms with Crippen LogP contribution >= 0.6 is 0 Å². The molecule has 6 nitrogen and oxygen atoms in total. The van der Waals surface area contributed by atoms with Gasteiger partial charge < -0.3 is 5.73 Å². The van der Waals surface area contributed by atoms with E-state index in [0.717, 1.165) is 16.6 Å². The van der Waals surface area contributed by atoms with Gasteiger partial charge in [0.2, 0.25) is 0 Å². The Morgan fingerprint density at radius 2 is 1.63 bits per heavy atom. The molecule has 1 atom stereocenters. The number of nitrogens with zero attached hydrogens (tertiary/aromatic N) is 2. The van der Waals surface area contributed by atoms with Crippen molar-refractivity contribution in [3.8, 4) is 16.8 Å². The molecule has 0 saturated heterocycles. The zero-order valence-corrected chi connectivity index (χ0v) is 15.0. The molecule has 1 aromatic heterocycles. The van der Waals surface area contributed by atoms with Crippen LogP contribution < -0.4 is 10.9 Å². The lowest BCUT2D eigenvalue weighted by atomic mass is 10.0. The highest BCUT2D eigenvalue weighted by atomic mass is 32.2. The highest BCUT2D eigenvalue weighted by molar-refractivity contribution is 7.82. The van der Waals surface area contributed by atoms with Crippen LogP contribution in [0.15, 0.2) is 77.7 Å². The van der Waals surface area contributed by atoms with Crippen LogP contribution in [0.5, 0.6) is 0 Å². The van der Waals surface area contributed by atoms with Gasteiger partial charge >= 0.3 is 0 Å². The second-order valence-electron chi connectivity index (χ2n) is 6.01. The molecule has 27 heavy (non-hydrogen) atoms. The van der Waals surface area contributed by atoms with Crippen molar-refractivity contribution >= 4 is 27.8 Å². The van der Waals surface area contributed by atoms with E-state index in [-0.39, 0.29) is 5.69 Å². The third-order valence-corrected chi connectivity index (χ3v) is 5.07. The van der Waals surface area contributed by atoms with Crippen molar-refractivity contribution in [2.24, 2.45) is 10.9 Å². The van der Waals surface area contributed by atoms with Crippen LogP contribution in [-0.4, -0.2) is 19.9 Å². The summed E-state index contributed by atoms with van der Waals surface area (Å²) in [5.74, 6) is -0.592. The van der Waals surface area contributed by atoms with E-state index in [0.29, 0.717) is 16.0 Å². The first-order chi connectivity index (χ1) is 13.0. The molecule has 134 valence electrons. The Morgan fingerprint density at radius 1 is 0.926 bits per heavy atom. The standard InChI is InChI=1S/C20H16N4O2S/c21-20(25)19-17-11-6-14(13-4-2-1-3-5-13)12-18(17)24(23-19)15-7-9-16(10-8-15)27(22)26/h1-12H,22H2,(H2,21,25). The molecule has 1 heterocycles. The summed E-state index contributed by atoms with van der Waals surface area (Å²) in [4.78, 5) is 12.4. The van der Waals surface area contributed by atoms with Gasteiger partial charge in [-0.2, -0.15) is 5.10 Å². The Hall–Kier alpha value is -3.29. The van der Waals surface area contributed by atoms with Crippen LogP contribution in [0.1, 0.15) is 10.5 Å². The molecular formula is C20H16N4O2S. The van der Waals surface area contributed by atoms with E-state index in [1.807, 2.05) is 48.5 Å². The average Bonchev–Trinajstić information content (AvgIpc) is 3.08. The maximum absolute atomic E-state index is 11.8. The number of hydrogen-bond acceptors (Lipinski definition) is 3. The molecule has 0 aliphatic rings. The summed E-state index contributed by atoms with van der Waals surface area (Å²) in [7, 11) is -1.56. The van der Waals surface area contributed by atoms with Crippen LogP contribution in [0, 0.1) is 0 Å². The fraction of sp³-hybridized carbons (Fsp3) is 0. The van der Waals surface area contributed by atoms with Gasteiger partial charge in [0, 0.05) is 5.39 Å². The van der Waals surface area contributed by atoms with Crippen molar-refractivity contribution in [3.63, 3.8) is 0 Å². The van der Waals surface area contributed by atoms with E-state index < -0.39 is 16.9 Å². The molecule has 0 spiro atoms. The molecule has 1 unspecified atom stereocenters. The minimum Gasteiger partial charge on any atom is -0.364 e. The monoisotopic (exact) mass is 376 g/mol. The zero-order valence-electron chi connectivity index (χ0n) is 14.2. The summed E-state index contributed by atoms with van der Waals surface area (Å²) in [5.41, 5.74) is 9.25. The fourth-order valence-corrected chi connectivity index (χ4v) is 3.43. The summed E-state index contributed by atoms with van der Waals surface area (Å²) in [6.07, 6.45) is 0. The lowest BCUT2D eigenvalue weighted by Crippen LogP contribution is -2.12. The minimum atomic E-state index is -1.56. The summed E-state index contributed by atoms with van der Waals surface area (Å²) in [6, 6.07) is 22.5. The largest absolute Gasteiger partial charge is 0.364 e. The molecule has 0 saturated carbocycles. The normalized spacial score (nSPS) is 12.2. The molecule has 1 amide bonds. The van der Waals surface area contributed by atoms with E-state index in [9.17, 15) is 9.00 Å².